The first kappa shape index (κ1) is 19.7. The highest BCUT2D eigenvalue weighted by atomic mass is 32.2. The van der Waals surface area contributed by atoms with Crippen molar-refractivity contribution < 1.29 is 14.3 Å². The molecule has 0 aliphatic rings. The number of nitrogens with one attached hydrogen (secondary N) is 1. The quantitative estimate of drug-likeness (QED) is 0.347. The van der Waals surface area contributed by atoms with Crippen molar-refractivity contribution in [3.05, 3.63) is 41.2 Å². The minimum atomic E-state index is -0.224. The molecule has 2 aromatic rings. The molecule has 1 heterocycles. The molecular weight excluding hydrogens is 352 g/mol. The number of thioether (sulfide) groups is 1. The van der Waals surface area contributed by atoms with Crippen molar-refractivity contribution in [1.82, 2.24) is 15.4 Å². The second-order valence-corrected chi connectivity index (χ2v) is 6.47. The molecule has 0 saturated heterocycles. The molecule has 0 aliphatic heterocycles. The molecule has 1 amide bonds. The number of aryl methyl sites for hydroxylation is 2. The Morgan fingerprint density at radius 3 is 2.38 bits per heavy atom. The zero-order chi connectivity index (χ0) is 19.1. The molecule has 26 heavy (non-hydrogen) atoms. The van der Waals surface area contributed by atoms with E-state index in [-0.39, 0.29) is 11.7 Å². The highest BCUT2D eigenvalue weighted by Gasteiger charge is 2.08. The van der Waals surface area contributed by atoms with Crippen LogP contribution in [0.15, 0.2) is 34.5 Å². The van der Waals surface area contributed by atoms with E-state index in [2.05, 4.69) is 20.5 Å². The van der Waals surface area contributed by atoms with E-state index in [0.29, 0.717) is 22.4 Å². The highest BCUT2D eigenvalue weighted by molar-refractivity contribution is 7.99. The zero-order valence-electron chi connectivity index (χ0n) is 15.5. The number of carbonyl (C=O) groups is 1. The van der Waals surface area contributed by atoms with E-state index < -0.39 is 0 Å². The molecule has 2 rings (SSSR count). The molecule has 138 valence electrons. The molecule has 0 saturated carbocycles. The number of hydrogen-bond acceptors (Lipinski definition) is 7. The van der Waals surface area contributed by atoms with Gasteiger partial charge in [-0.2, -0.15) is 5.10 Å². The number of aromatic nitrogens is 2. The predicted molar refractivity (Wildman–Crippen MR) is 102 cm³/mol. The van der Waals surface area contributed by atoms with Crippen molar-refractivity contribution in [2.24, 2.45) is 5.10 Å². The number of benzene rings is 1. The Bertz CT molecular complexity index is 804. The predicted octanol–water partition coefficient (Wildman–Crippen LogP) is 2.74. The Labute approximate surface area is 157 Å². The van der Waals surface area contributed by atoms with Crippen LogP contribution in [0.5, 0.6) is 11.5 Å². The van der Waals surface area contributed by atoms with Gasteiger partial charge in [-0.05, 0) is 45.0 Å². The van der Waals surface area contributed by atoms with E-state index in [4.69, 9.17) is 9.47 Å². The second kappa shape index (κ2) is 9.19. The summed E-state index contributed by atoms with van der Waals surface area (Å²) in [5, 5.41) is 4.72. The van der Waals surface area contributed by atoms with Crippen molar-refractivity contribution in [2.75, 3.05) is 20.0 Å². The number of nitrogens with zero attached hydrogens (tertiary/aromatic N) is 3. The Morgan fingerprint density at radius 2 is 1.77 bits per heavy atom. The van der Waals surface area contributed by atoms with Crippen molar-refractivity contribution in [3.63, 3.8) is 0 Å². The lowest BCUT2D eigenvalue weighted by molar-refractivity contribution is -0.118. The fourth-order valence-electron chi connectivity index (χ4n) is 2.19. The summed E-state index contributed by atoms with van der Waals surface area (Å²) in [6.07, 6.45) is 0. The molecule has 0 aliphatic carbocycles. The lowest BCUT2D eigenvalue weighted by Crippen LogP contribution is -2.21. The first-order chi connectivity index (χ1) is 12.4. The lowest BCUT2D eigenvalue weighted by Gasteiger charge is -2.09. The van der Waals surface area contributed by atoms with Gasteiger partial charge in [0.05, 0.1) is 25.7 Å². The molecule has 1 N–H and O–H groups in total. The van der Waals surface area contributed by atoms with Gasteiger partial charge in [0.15, 0.2) is 16.7 Å². The summed E-state index contributed by atoms with van der Waals surface area (Å²) in [7, 11) is 3.15. The third kappa shape index (κ3) is 5.45. The van der Waals surface area contributed by atoms with Crippen LogP contribution in [0.3, 0.4) is 0 Å². The largest absolute Gasteiger partial charge is 0.493 e. The number of amides is 1. The third-order valence-corrected chi connectivity index (χ3v) is 4.29. The van der Waals surface area contributed by atoms with Crippen molar-refractivity contribution in [3.8, 4) is 11.5 Å². The standard InChI is InChI=1S/C18H22N4O3S/c1-11-8-12(2)20-18(19-11)26-10-17(23)22-21-13(3)14-6-7-15(24-4)16(9-14)25-5/h6-9H,10H2,1-5H3,(H,22,23)/b21-13+. The maximum Gasteiger partial charge on any atom is 0.250 e. The van der Waals surface area contributed by atoms with Gasteiger partial charge in [-0.15, -0.1) is 0 Å². The van der Waals surface area contributed by atoms with Crippen LogP contribution in [-0.4, -0.2) is 41.6 Å². The average molecular weight is 374 g/mol. The van der Waals surface area contributed by atoms with Crippen LogP contribution < -0.4 is 14.9 Å². The summed E-state index contributed by atoms with van der Waals surface area (Å²) in [5.41, 5.74) is 5.79. The fraction of sp³-hybridized carbons (Fsp3) is 0.333. The first-order valence-corrected chi connectivity index (χ1v) is 8.92. The van der Waals surface area contributed by atoms with E-state index in [1.54, 1.807) is 20.3 Å². The number of carbonyl (C=O) groups excluding carboxylic acids is 1. The van der Waals surface area contributed by atoms with E-state index in [1.165, 1.54) is 11.8 Å². The van der Waals surface area contributed by atoms with Crippen LogP contribution in [0.2, 0.25) is 0 Å². The number of rotatable bonds is 7. The average Bonchev–Trinajstić information content (AvgIpc) is 2.63. The maximum atomic E-state index is 12.0. The summed E-state index contributed by atoms with van der Waals surface area (Å²) in [5.74, 6) is 1.20. The van der Waals surface area contributed by atoms with Crippen LogP contribution in [-0.2, 0) is 4.79 Å². The number of methoxy groups -OCH3 is 2. The highest BCUT2D eigenvalue weighted by Crippen LogP contribution is 2.27. The van der Waals surface area contributed by atoms with Gasteiger partial charge in [-0.1, -0.05) is 11.8 Å². The van der Waals surface area contributed by atoms with E-state index in [0.717, 1.165) is 17.0 Å². The van der Waals surface area contributed by atoms with Crippen LogP contribution >= 0.6 is 11.8 Å². The van der Waals surface area contributed by atoms with Gasteiger partial charge in [0.2, 0.25) is 0 Å². The van der Waals surface area contributed by atoms with Gasteiger partial charge >= 0.3 is 0 Å². The van der Waals surface area contributed by atoms with Gasteiger partial charge in [0.1, 0.15) is 0 Å². The van der Waals surface area contributed by atoms with Crippen LogP contribution in [0, 0.1) is 13.8 Å². The van der Waals surface area contributed by atoms with Crippen LogP contribution in [0.1, 0.15) is 23.9 Å². The van der Waals surface area contributed by atoms with E-state index in [9.17, 15) is 4.79 Å². The smallest absolute Gasteiger partial charge is 0.250 e. The lowest BCUT2D eigenvalue weighted by atomic mass is 10.1. The van der Waals surface area contributed by atoms with Gasteiger partial charge in [-0.25, -0.2) is 15.4 Å². The summed E-state index contributed by atoms with van der Waals surface area (Å²) in [4.78, 5) is 20.6. The first-order valence-electron chi connectivity index (χ1n) is 7.93. The topological polar surface area (TPSA) is 85.7 Å². The molecule has 1 aromatic heterocycles. The monoisotopic (exact) mass is 374 g/mol. The number of hydrogen-bond donors (Lipinski definition) is 1. The Balaban J connectivity index is 1.96. The fourth-order valence-corrected chi connectivity index (χ4v) is 2.93. The summed E-state index contributed by atoms with van der Waals surface area (Å²) < 4.78 is 10.5. The summed E-state index contributed by atoms with van der Waals surface area (Å²) >= 11 is 1.28. The molecule has 8 heteroatoms. The molecule has 0 spiro atoms. The molecule has 0 bridgehead atoms. The van der Waals surface area contributed by atoms with Crippen molar-refractivity contribution >= 4 is 23.4 Å². The Morgan fingerprint density at radius 1 is 1.12 bits per heavy atom. The zero-order valence-corrected chi connectivity index (χ0v) is 16.3. The van der Waals surface area contributed by atoms with Crippen LogP contribution in [0.4, 0.5) is 0 Å². The minimum Gasteiger partial charge on any atom is -0.493 e. The van der Waals surface area contributed by atoms with E-state index >= 15 is 0 Å². The summed E-state index contributed by atoms with van der Waals surface area (Å²) in [6.45, 7) is 5.60. The Hall–Kier alpha value is -2.61. The Kier molecular flexibility index (Phi) is 6.97. The number of hydrazone groups is 1. The molecule has 0 unspecified atom stereocenters. The normalized spacial score (nSPS) is 11.2. The molecule has 0 radical (unpaired) electrons. The molecule has 1 aromatic carbocycles. The van der Waals surface area contributed by atoms with Gasteiger partial charge in [0, 0.05) is 17.0 Å². The molecular formula is C18H22N4O3S. The molecule has 0 atom stereocenters. The van der Waals surface area contributed by atoms with Gasteiger partial charge < -0.3 is 9.47 Å². The van der Waals surface area contributed by atoms with E-state index in [1.807, 2.05) is 39.0 Å². The van der Waals surface area contributed by atoms with Gasteiger partial charge in [0.25, 0.3) is 5.91 Å². The third-order valence-electron chi connectivity index (χ3n) is 3.44. The molecule has 0 fully saturated rings. The van der Waals surface area contributed by atoms with Gasteiger partial charge in [-0.3, -0.25) is 4.79 Å². The van der Waals surface area contributed by atoms with Crippen molar-refractivity contribution in [2.45, 2.75) is 25.9 Å². The number of ether oxygens (including phenoxy) is 2. The SMILES string of the molecule is COc1ccc(/C(C)=N/NC(=O)CSc2nc(C)cc(C)n2)cc1OC. The van der Waals surface area contributed by atoms with Crippen LogP contribution in [0.25, 0.3) is 0 Å². The second-order valence-electron chi connectivity index (χ2n) is 5.52. The minimum absolute atomic E-state index is 0.186. The molecule has 7 nitrogen and oxygen atoms in total. The summed E-state index contributed by atoms with van der Waals surface area (Å²) in [6, 6.07) is 7.34. The maximum absolute atomic E-state index is 12.0. The van der Waals surface area contributed by atoms with Crippen molar-refractivity contribution in [1.29, 1.82) is 0 Å².